The lowest BCUT2D eigenvalue weighted by Gasteiger charge is -2.41. The number of aryl methyl sites for hydroxylation is 1. The molecule has 4 aromatic rings. The quantitative estimate of drug-likeness (QED) is 0.135. The zero-order chi connectivity index (χ0) is 24.9. The molecule has 5 heteroatoms. The van der Waals surface area contributed by atoms with Gasteiger partial charge in [-0.3, -0.25) is 4.98 Å². The first-order valence-corrected chi connectivity index (χ1v) is 15.2. The molecule has 0 bridgehead atoms. The van der Waals surface area contributed by atoms with Gasteiger partial charge in [-0.1, -0.05) is 105 Å². The zero-order valence-electron chi connectivity index (χ0n) is 20.5. The number of alkyl halides is 1. The van der Waals surface area contributed by atoms with Crippen molar-refractivity contribution < 1.29 is 4.80 Å². The van der Waals surface area contributed by atoms with Gasteiger partial charge in [-0.2, -0.15) is 0 Å². The maximum absolute atomic E-state index is 12.3. The highest BCUT2D eigenvalue weighted by Crippen LogP contribution is 2.40. The van der Waals surface area contributed by atoms with Gasteiger partial charge >= 0.3 is 0 Å². The van der Waals surface area contributed by atoms with E-state index >= 15 is 0 Å². The average molecular weight is 523 g/mol. The van der Waals surface area contributed by atoms with Crippen LogP contribution in [0.25, 0.3) is 10.8 Å². The third-order valence-corrected chi connectivity index (χ3v) is 12.3. The van der Waals surface area contributed by atoms with Gasteiger partial charge in [-0.15, -0.1) is 11.6 Å². The Labute approximate surface area is 220 Å². The molecule has 4 rings (SSSR count). The Morgan fingerprint density at radius 3 is 2.09 bits per heavy atom. The largest absolute Gasteiger partial charge is 0.424 e. The van der Waals surface area contributed by atoms with Crippen molar-refractivity contribution in [3.8, 4) is 0 Å². The van der Waals surface area contributed by atoms with E-state index in [4.69, 9.17) is 23.2 Å². The molecule has 35 heavy (non-hydrogen) atoms. The van der Waals surface area contributed by atoms with E-state index in [0.717, 1.165) is 58.6 Å². The number of fused-ring (bicyclic) bond motifs is 1. The lowest BCUT2D eigenvalue weighted by molar-refractivity contribution is 0.449. The number of halogens is 2. The fraction of sp³-hybridized carbons (Fsp3) is 0.300. The highest BCUT2D eigenvalue weighted by atomic mass is 35.5. The van der Waals surface area contributed by atoms with E-state index in [-0.39, 0.29) is 5.04 Å². The smallest absolute Gasteiger partial charge is 0.258 e. The SMILES string of the molecule is CC(C)(CCCCCc1c(CCl)ncc2cc(Cl)ccc12)[Si](O)(c1ccccc1)c1ccccc1. The van der Waals surface area contributed by atoms with Crippen LogP contribution in [0.1, 0.15) is 50.8 Å². The van der Waals surface area contributed by atoms with Crippen molar-refractivity contribution in [1.82, 2.24) is 4.98 Å². The van der Waals surface area contributed by atoms with Crippen molar-refractivity contribution >= 4 is 52.7 Å². The van der Waals surface area contributed by atoms with Crippen LogP contribution in [0.5, 0.6) is 0 Å². The van der Waals surface area contributed by atoms with Crippen LogP contribution in [0.3, 0.4) is 0 Å². The van der Waals surface area contributed by atoms with Crippen molar-refractivity contribution in [1.29, 1.82) is 0 Å². The van der Waals surface area contributed by atoms with E-state index in [1.165, 1.54) is 10.9 Å². The summed E-state index contributed by atoms with van der Waals surface area (Å²) in [6, 6.07) is 26.5. The lowest BCUT2D eigenvalue weighted by atomic mass is 9.97. The van der Waals surface area contributed by atoms with Crippen LogP contribution in [0.4, 0.5) is 0 Å². The number of benzene rings is 3. The predicted octanol–water partition coefficient (Wildman–Crippen LogP) is 7.26. The Morgan fingerprint density at radius 2 is 1.49 bits per heavy atom. The molecule has 1 heterocycles. The molecule has 0 saturated heterocycles. The van der Waals surface area contributed by atoms with Crippen LogP contribution >= 0.6 is 23.2 Å². The van der Waals surface area contributed by atoms with Gasteiger partial charge in [0.05, 0.1) is 11.6 Å². The van der Waals surface area contributed by atoms with Crippen molar-refractivity contribution in [2.45, 2.75) is 56.9 Å². The number of aromatic nitrogens is 1. The van der Waals surface area contributed by atoms with Crippen LogP contribution in [0.2, 0.25) is 10.1 Å². The molecule has 0 radical (unpaired) electrons. The van der Waals surface area contributed by atoms with Crippen molar-refractivity contribution in [2.75, 3.05) is 0 Å². The van der Waals surface area contributed by atoms with Gasteiger partial charge in [-0.05, 0) is 57.8 Å². The molecule has 0 atom stereocenters. The summed E-state index contributed by atoms with van der Waals surface area (Å²) in [6.07, 6.45) is 6.97. The predicted molar refractivity (Wildman–Crippen MR) is 153 cm³/mol. The molecule has 1 aromatic heterocycles. The van der Waals surface area contributed by atoms with Gasteiger partial charge in [0.2, 0.25) is 0 Å². The first-order chi connectivity index (χ1) is 16.9. The van der Waals surface area contributed by atoms with Gasteiger partial charge in [-0.25, -0.2) is 0 Å². The second-order valence-electron chi connectivity index (χ2n) is 9.94. The van der Waals surface area contributed by atoms with E-state index < -0.39 is 8.32 Å². The molecule has 0 aliphatic heterocycles. The highest BCUT2D eigenvalue weighted by Gasteiger charge is 2.49. The summed E-state index contributed by atoms with van der Waals surface area (Å²) in [4.78, 5) is 16.9. The maximum Gasteiger partial charge on any atom is 0.258 e. The van der Waals surface area contributed by atoms with Gasteiger partial charge in [0.25, 0.3) is 8.32 Å². The van der Waals surface area contributed by atoms with Crippen LogP contribution in [0.15, 0.2) is 85.1 Å². The molecule has 0 saturated carbocycles. The van der Waals surface area contributed by atoms with Gasteiger partial charge in [0.1, 0.15) is 0 Å². The van der Waals surface area contributed by atoms with Crippen molar-refractivity contribution in [2.24, 2.45) is 0 Å². The Hall–Kier alpha value is -2.17. The summed E-state index contributed by atoms with van der Waals surface area (Å²) in [7, 11) is -2.95. The minimum atomic E-state index is -2.95. The number of unbranched alkanes of at least 4 members (excludes halogenated alkanes) is 2. The third kappa shape index (κ3) is 5.49. The van der Waals surface area contributed by atoms with E-state index in [1.54, 1.807) is 0 Å². The Kier molecular flexibility index (Phi) is 8.33. The minimum Gasteiger partial charge on any atom is -0.424 e. The molecule has 3 aromatic carbocycles. The van der Waals surface area contributed by atoms with Crippen molar-refractivity contribution in [3.63, 3.8) is 0 Å². The first-order valence-electron chi connectivity index (χ1n) is 12.3. The summed E-state index contributed by atoms with van der Waals surface area (Å²) < 4.78 is 0. The monoisotopic (exact) mass is 521 g/mol. The number of pyridine rings is 1. The Bertz CT molecular complexity index is 1220. The molecule has 1 N–H and O–H groups in total. The second kappa shape index (κ2) is 11.3. The van der Waals surface area contributed by atoms with Crippen LogP contribution < -0.4 is 10.4 Å². The minimum absolute atomic E-state index is 0.214. The topological polar surface area (TPSA) is 33.1 Å². The molecular weight excluding hydrogens is 489 g/mol. The fourth-order valence-electron chi connectivity index (χ4n) is 5.22. The third-order valence-electron chi connectivity index (χ3n) is 7.26. The number of nitrogens with zero attached hydrogens (tertiary/aromatic N) is 1. The lowest BCUT2D eigenvalue weighted by Crippen LogP contribution is -2.65. The summed E-state index contributed by atoms with van der Waals surface area (Å²) in [6.45, 7) is 4.48. The van der Waals surface area contributed by atoms with E-state index in [1.807, 2.05) is 54.7 Å². The molecule has 0 spiro atoms. The standard InChI is InChI=1S/C30H33Cl2NOSi/c1-30(2,35(34,25-12-6-3-7-13-25)26-14-8-4-9-15-26)19-11-5-10-16-28-27-18-17-24(32)20-23(27)22-33-29(28)21-31/h3-4,6-9,12-15,17-18,20,22,34H,5,10-11,16,19,21H2,1-2H3. The van der Waals surface area contributed by atoms with Crippen LogP contribution in [0, 0.1) is 0 Å². The van der Waals surface area contributed by atoms with Crippen molar-refractivity contribution in [3.05, 3.63) is 101 Å². The fourth-order valence-corrected chi connectivity index (χ4v) is 9.42. The molecule has 0 aliphatic rings. The van der Waals surface area contributed by atoms with E-state index in [2.05, 4.69) is 49.2 Å². The number of hydrogen-bond acceptors (Lipinski definition) is 2. The van der Waals surface area contributed by atoms with Crippen LogP contribution in [-0.4, -0.2) is 18.1 Å². The highest BCUT2D eigenvalue weighted by molar-refractivity contribution is 6.98. The summed E-state index contributed by atoms with van der Waals surface area (Å²) in [5, 5.41) is 4.90. The van der Waals surface area contributed by atoms with Gasteiger partial charge in [0.15, 0.2) is 0 Å². The zero-order valence-corrected chi connectivity index (χ0v) is 23.0. The Morgan fingerprint density at radius 1 is 0.857 bits per heavy atom. The number of rotatable bonds is 10. The van der Waals surface area contributed by atoms with Gasteiger partial charge in [0, 0.05) is 16.6 Å². The second-order valence-corrected chi connectivity index (χ2v) is 14.6. The molecule has 182 valence electrons. The molecular formula is C30H33Cl2NOSi. The summed E-state index contributed by atoms with van der Waals surface area (Å²) in [5.41, 5.74) is 2.18. The number of hydrogen-bond donors (Lipinski definition) is 1. The average Bonchev–Trinajstić information content (AvgIpc) is 2.88. The van der Waals surface area contributed by atoms with E-state index in [0.29, 0.717) is 5.88 Å². The van der Waals surface area contributed by atoms with E-state index in [9.17, 15) is 4.80 Å². The molecule has 2 nitrogen and oxygen atoms in total. The van der Waals surface area contributed by atoms with Gasteiger partial charge < -0.3 is 4.80 Å². The molecule has 0 amide bonds. The summed E-state index contributed by atoms with van der Waals surface area (Å²) in [5.74, 6) is 0.410. The summed E-state index contributed by atoms with van der Waals surface area (Å²) >= 11 is 12.4. The van der Waals surface area contributed by atoms with Crippen LogP contribution in [-0.2, 0) is 12.3 Å². The normalized spacial score (nSPS) is 12.3. The molecule has 0 fully saturated rings. The maximum atomic E-state index is 12.3. The molecule has 0 aliphatic carbocycles. The first kappa shape index (κ1) is 25.9. The Balaban J connectivity index is 1.47. The molecule has 0 unspecified atom stereocenters.